The van der Waals surface area contributed by atoms with Crippen molar-refractivity contribution in [1.82, 2.24) is 19.4 Å². The summed E-state index contributed by atoms with van der Waals surface area (Å²) < 4.78 is 42.9. The lowest BCUT2D eigenvalue weighted by molar-refractivity contribution is -0.0115. The number of hydrogen-bond acceptors (Lipinski definition) is 8. The Morgan fingerprint density at radius 1 is 1.12 bits per heavy atom. The Morgan fingerprint density at radius 2 is 1.88 bits per heavy atom. The molecule has 0 radical (unpaired) electrons. The van der Waals surface area contributed by atoms with E-state index in [-0.39, 0.29) is 54.0 Å². The fourth-order valence-corrected chi connectivity index (χ4v) is 7.11. The highest BCUT2D eigenvalue weighted by atomic mass is 32.2. The number of nitrogens with zero attached hydrogens (tertiary/aromatic N) is 4. The van der Waals surface area contributed by atoms with E-state index in [0.29, 0.717) is 24.5 Å². The van der Waals surface area contributed by atoms with Gasteiger partial charge in [-0.05, 0) is 62.8 Å². The second kappa shape index (κ2) is 16.6. The summed E-state index contributed by atoms with van der Waals surface area (Å²) >= 11 is 0. The smallest absolute Gasteiger partial charge is 0.321 e. The van der Waals surface area contributed by atoms with Gasteiger partial charge in [0.25, 0.3) is 15.9 Å². The number of aromatic nitrogens is 2. The van der Waals surface area contributed by atoms with E-state index >= 15 is 0 Å². The molecule has 1 aromatic heterocycles. The fourth-order valence-electron chi connectivity index (χ4n) is 6.08. The molecule has 0 saturated carbocycles. The van der Waals surface area contributed by atoms with Gasteiger partial charge in [0.15, 0.2) is 5.03 Å². The number of benzene rings is 3. The number of urea groups is 1. The fraction of sp³-hybridized carbons (Fsp3) is 0.432. The van der Waals surface area contributed by atoms with Crippen LogP contribution < -0.4 is 14.8 Å². The van der Waals surface area contributed by atoms with E-state index in [9.17, 15) is 23.1 Å². The van der Waals surface area contributed by atoms with Crippen LogP contribution in [0.4, 0.5) is 16.2 Å². The molecule has 1 aliphatic rings. The molecule has 13 nitrogen and oxygen atoms in total. The van der Waals surface area contributed by atoms with Crippen LogP contribution in [0.25, 0.3) is 10.8 Å². The first-order valence-electron chi connectivity index (χ1n) is 17.2. The average molecular weight is 721 g/mol. The number of ether oxygens (including phenoxy) is 2. The van der Waals surface area contributed by atoms with Gasteiger partial charge in [0.2, 0.25) is 0 Å². The minimum atomic E-state index is -4.04. The molecule has 5 rings (SSSR count). The predicted octanol–water partition coefficient (Wildman–Crippen LogP) is 5.33. The van der Waals surface area contributed by atoms with E-state index in [0.717, 1.165) is 23.6 Å². The Labute approximate surface area is 299 Å². The molecule has 51 heavy (non-hydrogen) atoms. The van der Waals surface area contributed by atoms with Crippen LogP contribution in [0.2, 0.25) is 0 Å². The van der Waals surface area contributed by atoms with Gasteiger partial charge in [0.05, 0.1) is 42.4 Å². The quantitative estimate of drug-likeness (QED) is 0.221. The van der Waals surface area contributed by atoms with Gasteiger partial charge < -0.3 is 34.3 Å². The van der Waals surface area contributed by atoms with Gasteiger partial charge in [-0.2, -0.15) is 8.42 Å². The van der Waals surface area contributed by atoms with Gasteiger partial charge in [-0.15, -0.1) is 0 Å². The molecule has 3 amide bonds. The molecule has 0 bridgehead atoms. The van der Waals surface area contributed by atoms with Crippen LogP contribution >= 0.6 is 0 Å². The molecule has 274 valence electrons. The molecule has 0 fully saturated rings. The zero-order valence-electron chi connectivity index (χ0n) is 29.8. The van der Waals surface area contributed by atoms with Crippen molar-refractivity contribution in [3.05, 3.63) is 78.8 Å². The third-order valence-corrected chi connectivity index (χ3v) is 10.4. The lowest BCUT2D eigenvalue weighted by Crippen LogP contribution is -2.48. The van der Waals surface area contributed by atoms with Crippen molar-refractivity contribution >= 4 is 44.1 Å². The predicted molar refractivity (Wildman–Crippen MR) is 196 cm³/mol. The van der Waals surface area contributed by atoms with Crippen molar-refractivity contribution in [2.45, 2.75) is 63.3 Å². The highest BCUT2D eigenvalue weighted by molar-refractivity contribution is 7.92. The van der Waals surface area contributed by atoms with Gasteiger partial charge in [0, 0.05) is 57.0 Å². The lowest BCUT2D eigenvalue weighted by Gasteiger charge is -2.35. The van der Waals surface area contributed by atoms with E-state index in [1.807, 2.05) is 56.3 Å². The number of aryl methyl sites for hydroxylation is 1. The van der Waals surface area contributed by atoms with Gasteiger partial charge in [0.1, 0.15) is 5.75 Å². The Morgan fingerprint density at radius 3 is 2.63 bits per heavy atom. The van der Waals surface area contributed by atoms with Gasteiger partial charge >= 0.3 is 6.03 Å². The van der Waals surface area contributed by atoms with Crippen LogP contribution in [0.1, 0.15) is 50.4 Å². The highest BCUT2D eigenvalue weighted by Crippen LogP contribution is 2.30. The minimum Gasteiger partial charge on any atom is -0.490 e. The molecular formula is C37H48N6O7S. The van der Waals surface area contributed by atoms with Crippen molar-refractivity contribution in [2.75, 3.05) is 43.4 Å². The minimum absolute atomic E-state index is 0.150. The monoisotopic (exact) mass is 720 g/mol. The SMILES string of the molecule is C[C@@H]1CCCCO[C@H](CN(C)C(=O)Nc2cccc3ccccc23)[C@H](C)CN([C@H](C)CO)C(=O)c2cc(NS(=O)(=O)c3cn(C)cn3)ccc2O1. The number of imidazole rings is 1. The summed E-state index contributed by atoms with van der Waals surface area (Å²) in [6, 6.07) is 17.3. The molecule has 3 aromatic carbocycles. The third kappa shape index (κ3) is 9.37. The number of hydrogen-bond donors (Lipinski definition) is 3. The van der Waals surface area contributed by atoms with E-state index in [4.69, 9.17) is 9.47 Å². The normalized spacial score (nSPS) is 19.8. The average Bonchev–Trinajstić information content (AvgIpc) is 3.56. The molecule has 0 unspecified atom stereocenters. The maximum Gasteiger partial charge on any atom is 0.321 e. The number of sulfonamides is 1. The summed E-state index contributed by atoms with van der Waals surface area (Å²) in [5.41, 5.74) is 1.02. The molecular weight excluding hydrogens is 673 g/mol. The maximum atomic E-state index is 14.4. The Balaban J connectivity index is 1.40. The number of aliphatic hydroxyl groups excluding tert-OH is 1. The van der Waals surface area contributed by atoms with Crippen molar-refractivity contribution < 1.29 is 32.6 Å². The van der Waals surface area contributed by atoms with E-state index in [1.54, 1.807) is 43.0 Å². The summed E-state index contributed by atoms with van der Waals surface area (Å²) in [6.45, 7) is 6.20. The zero-order chi connectivity index (χ0) is 36.7. The summed E-state index contributed by atoms with van der Waals surface area (Å²) in [5, 5.41) is 15.1. The number of carbonyl (C=O) groups is 2. The Kier molecular flexibility index (Phi) is 12.2. The molecule has 2 heterocycles. The maximum absolute atomic E-state index is 14.4. The standard InChI is InChI=1S/C37H48N6O7S/c1-25-20-43(26(2)23-44)36(45)31-19-29(40-51(47,48)35-22-41(4)24-38-35)16-17-33(31)50-27(3)11-8-9-18-49-34(25)21-42(5)37(46)39-32-15-10-13-28-12-6-7-14-30(28)32/h6-7,10,12-17,19,22,24-27,34,40,44H,8-9,11,18,20-21,23H2,1-5H3,(H,39,46)/t25-,26-,27-,34-/m1/s1. The van der Waals surface area contributed by atoms with Crippen molar-refractivity contribution in [3.8, 4) is 5.75 Å². The molecule has 0 aliphatic carbocycles. The number of nitrogens with one attached hydrogen (secondary N) is 2. The van der Waals surface area contributed by atoms with Crippen molar-refractivity contribution in [1.29, 1.82) is 0 Å². The summed E-state index contributed by atoms with van der Waals surface area (Å²) in [5.74, 6) is -0.402. The van der Waals surface area contributed by atoms with Gasteiger partial charge in [-0.1, -0.05) is 43.3 Å². The van der Waals surface area contributed by atoms with E-state index < -0.39 is 28.1 Å². The van der Waals surface area contributed by atoms with Crippen LogP contribution in [0.15, 0.2) is 78.2 Å². The molecule has 1 aliphatic heterocycles. The number of fused-ring (bicyclic) bond motifs is 2. The lowest BCUT2D eigenvalue weighted by atomic mass is 10.0. The first kappa shape index (κ1) is 37.6. The van der Waals surface area contributed by atoms with E-state index in [2.05, 4.69) is 15.0 Å². The first-order chi connectivity index (χ1) is 24.4. The Hall–Kier alpha value is -4.66. The van der Waals surface area contributed by atoms with Crippen LogP contribution in [0.3, 0.4) is 0 Å². The van der Waals surface area contributed by atoms with Crippen LogP contribution in [-0.4, -0.2) is 96.4 Å². The molecule has 4 aromatic rings. The summed E-state index contributed by atoms with van der Waals surface area (Å²) in [4.78, 5) is 35.0. The number of anilines is 2. The molecule has 3 N–H and O–H groups in total. The highest BCUT2D eigenvalue weighted by Gasteiger charge is 2.31. The van der Waals surface area contributed by atoms with Crippen LogP contribution in [0, 0.1) is 5.92 Å². The van der Waals surface area contributed by atoms with Crippen molar-refractivity contribution in [3.63, 3.8) is 0 Å². The number of likely N-dealkylation sites (N-methyl/N-ethyl adjacent to an activating group) is 1. The number of amides is 3. The molecule has 0 saturated heterocycles. The summed E-state index contributed by atoms with van der Waals surface area (Å²) in [7, 11) is -0.657. The van der Waals surface area contributed by atoms with Crippen molar-refractivity contribution in [2.24, 2.45) is 13.0 Å². The number of aliphatic hydroxyl groups is 1. The molecule has 0 spiro atoms. The van der Waals surface area contributed by atoms with Crippen LogP contribution in [0.5, 0.6) is 5.75 Å². The third-order valence-electron chi connectivity index (χ3n) is 9.09. The van der Waals surface area contributed by atoms with Gasteiger partial charge in [-0.25, -0.2) is 9.78 Å². The van der Waals surface area contributed by atoms with Gasteiger partial charge in [-0.3, -0.25) is 9.52 Å². The first-order valence-corrected chi connectivity index (χ1v) is 18.7. The molecule has 4 atom stereocenters. The second-order valence-corrected chi connectivity index (χ2v) is 15.0. The zero-order valence-corrected chi connectivity index (χ0v) is 30.6. The number of carbonyl (C=O) groups excluding carboxylic acids is 2. The molecule has 14 heteroatoms. The largest absolute Gasteiger partial charge is 0.490 e. The number of rotatable bonds is 8. The topological polar surface area (TPSA) is 155 Å². The van der Waals surface area contributed by atoms with E-state index in [1.165, 1.54) is 23.2 Å². The Bertz CT molecular complexity index is 1930. The summed E-state index contributed by atoms with van der Waals surface area (Å²) in [6.07, 6.45) is 4.33. The second-order valence-electron chi connectivity index (χ2n) is 13.3. The van der Waals surface area contributed by atoms with Crippen LogP contribution in [-0.2, 0) is 21.8 Å².